The molecule has 34 heavy (non-hydrogen) atoms. The molecule has 0 bridgehead atoms. The van der Waals surface area contributed by atoms with Crippen LogP contribution in [0.25, 0.3) is 23.1 Å². The third-order valence-electron chi connectivity index (χ3n) is 5.52. The molecule has 0 atom stereocenters. The van der Waals surface area contributed by atoms with Crippen LogP contribution in [0, 0.1) is 13.8 Å². The van der Waals surface area contributed by atoms with Crippen molar-refractivity contribution < 1.29 is 17.5 Å². The Hall–Kier alpha value is -3.42. The minimum atomic E-state index is -4.13. The molecule has 0 amide bonds. The van der Waals surface area contributed by atoms with E-state index in [1.165, 1.54) is 39.2 Å². The van der Waals surface area contributed by atoms with Gasteiger partial charge in [0.1, 0.15) is 7.05 Å². The maximum atomic E-state index is 10.2. The van der Waals surface area contributed by atoms with E-state index in [9.17, 15) is 13.0 Å². The average Bonchev–Trinajstić information content (AvgIpc) is 3.10. The topological polar surface area (TPSA) is 80.1 Å². The molecule has 178 valence electrons. The summed E-state index contributed by atoms with van der Waals surface area (Å²) in [6.07, 6.45) is 4.35. The Balaban J connectivity index is 0.000000248. The SMILES string of the molecule is Cc1cc(/C=C/c2ccc3cc(N(C)C)ccc3[n+]2C)c(C)[nH]1.O=S(=O)([O-])Cc1ccccc1. The van der Waals surface area contributed by atoms with Gasteiger partial charge in [0.15, 0.2) is 0 Å². The summed E-state index contributed by atoms with van der Waals surface area (Å²) in [6, 6.07) is 21.5. The predicted octanol–water partition coefficient (Wildman–Crippen LogP) is 4.58. The van der Waals surface area contributed by atoms with Gasteiger partial charge >= 0.3 is 0 Å². The summed E-state index contributed by atoms with van der Waals surface area (Å²) in [7, 11) is 2.13. The van der Waals surface area contributed by atoms with Crippen LogP contribution >= 0.6 is 0 Å². The van der Waals surface area contributed by atoms with Crippen molar-refractivity contribution in [1.29, 1.82) is 0 Å². The Labute approximate surface area is 201 Å². The highest BCUT2D eigenvalue weighted by Crippen LogP contribution is 2.20. The maximum Gasteiger partial charge on any atom is 0.212 e. The van der Waals surface area contributed by atoms with Gasteiger partial charge in [0.05, 0.1) is 15.9 Å². The first-order chi connectivity index (χ1) is 16.0. The lowest BCUT2D eigenvalue weighted by molar-refractivity contribution is -0.646. The standard InChI is InChI=1S/C20H23N3.C7H8O3S/c1-14-12-16(15(2)21-14)6-8-18-9-7-17-13-19(22(3)4)10-11-20(17)23(18)5;8-11(9,10)6-7-4-2-1-3-5-7/h6-13H,1-5H3;1-5H,6H2,(H,8,9,10). The zero-order valence-corrected chi connectivity index (χ0v) is 21.1. The van der Waals surface area contributed by atoms with Gasteiger partial charge in [-0.15, -0.1) is 0 Å². The van der Waals surface area contributed by atoms with E-state index in [4.69, 9.17) is 0 Å². The number of hydrogen-bond donors (Lipinski definition) is 1. The van der Waals surface area contributed by atoms with Crippen molar-refractivity contribution in [2.75, 3.05) is 19.0 Å². The van der Waals surface area contributed by atoms with Crippen LogP contribution in [-0.4, -0.2) is 32.0 Å². The van der Waals surface area contributed by atoms with Crippen molar-refractivity contribution in [3.8, 4) is 0 Å². The highest BCUT2D eigenvalue weighted by atomic mass is 32.2. The second-order valence-corrected chi connectivity index (χ2v) is 9.91. The number of aryl methyl sites for hydroxylation is 3. The van der Waals surface area contributed by atoms with Crippen molar-refractivity contribution in [2.24, 2.45) is 7.05 Å². The summed E-state index contributed by atoms with van der Waals surface area (Å²) >= 11 is 0. The molecule has 0 aliphatic rings. The number of rotatable bonds is 5. The van der Waals surface area contributed by atoms with E-state index < -0.39 is 15.9 Å². The van der Waals surface area contributed by atoms with Gasteiger partial charge < -0.3 is 14.4 Å². The van der Waals surface area contributed by atoms with Crippen LogP contribution in [0.2, 0.25) is 0 Å². The Morgan fingerprint density at radius 3 is 2.26 bits per heavy atom. The van der Waals surface area contributed by atoms with Crippen LogP contribution in [0.15, 0.2) is 66.7 Å². The maximum absolute atomic E-state index is 10.2. The quantitative estimate of drug-likeness (QED) is 0.337. The van der Waals surface area contributed by atoms with Gasteiger partial charge in [0.2, 0.25) is 11.2 Å². The molecule has 4 aromatic rings. The normalized spacial score (nSPS) is 11.5. The number of pyridine rings is 1. The number of nitrogens with one attached hydrogen (secondary N) is 1. The van der Waals surface area contributed by atoms with Gasteiger partial charge in [0, 0.05) is 54.8 Å². The largest absolute Gasteiger partial charge is 0.748 e. The van der Waals surface area contributed by atoms with E-state index in [1.807, 2.05) is 0 Å². The lowest BCUT2D eigenvalue weighted by atomic mass is 10.1. The molecule has 0 spiro atoms. The second kappa shape index (κ2) is 10.7. The number of H-pyrrole nitrogens is 1. The molecule has 4 rings (SSSR count). The number of aromatic amines is 1. The molecule has 0 saturated carbocycles. The Morgan fingerprint density at radius 1 is 0.971 bits per heavy atom. The average molecular weight is 478 g/mol. The first-order valence-electron chi connectivity index (χ1n) is 11.0. The minimum Gasteiger partial charge on any atom is -0.748 e. The van der Waals surface area contributed by atoms with E-state index in [0.29, 0.717) is 5.56 Å². The molecule has 0 aliphatic carbocycles. The number of anilines is 1. The molecule has 6 nitrogen and oxygen atoms in total. The molecule has 2 aromatic carbocycles. The highest BCUT2D eigenvalue weighted by Gasteiger charge is 2.10. The van der Waals surface area contributed by atoms with Gasteiger partial charge in [-0.3, -0.25) is 0 Å². The summed E-state index contributed by atoms with van der Waals surface area (Å²) in [5, 5.41) is 1.25. The van der Waals surface area contributed by atoms with E-state index in [2.05, 4.69) is 98.0 Å². The summed E-state index contributed by atoms with van der Waals surface area (Å²) in [5.74, 6) is -0.423. The number of aromatic nitrogens is 2. The number of fused-ring (bicyclic) bond motifs is 1. The van der Waals surface area contributed by atoms with Crippen molar-refractivity contribution in [1.82, 2.24) is 4.98 Å². The third kappa shape index (κ3) is 6.79. The fourth-order valence-electron chi connectivity index (χ4n) is 3.72. The van der Waals surface area contributed by atoms with Gasteiger partial charge in [-0.1, -0.05) is 30.3 Å². The molecular weight excluding hydrogens is 446 g/mol. The molecule has 7 heteroatoms. The molecule has 0 radical (unpaired) electrons. The van der Waals surface area contributed by atoms with E-state index in [1.54, 1.807) is 30.3 Å². The van der Waals surface area contributed by atoms with E-state index in [-0.39, 0.29) is 0 Å². The zero-order valence-electron chi connectivity index (χ0n) is 20.2. The van der Waals surface area contributed by atoms with Gasteiger partial charge in [-0.2, -0.15) is 4.57 Å². The van der Waals surface area contributed by atoms with Crippen LogP contribution in [0.4, 0.5) is 5.69 Å². The zero-order chi connectivity index (χ0) is 24.9. The fraction of sp³-hybridized carbons (Fsp3) is 0.222. The summed E-state index contributed by atoms with van der Waals surface area (Å²) in [5.41, 5.74) is 7.82. The molecule has 0 aliphatic heterocycles. The molecule has 0 unspecified atom stereocenters. The lowest BCUT2D eigenvalue weighted by Gasteiger charge is -2.12. The van der Waals surface area contributed by atoms with Gasteiger partial charge in [-0.25, -0.2) is 8.42 Å². The molecule has 1 N–H and O–H groups in total. The molecule has 0 fully saturated rings. The van der Waals surface area contributed by atoms with Crippen LogP contribution in [-0.2, 0) is 22.9 Å². The summed E-state index contributed by atoms with van der Waals surface area (Å²) < 4.78 is 33.0. The summed E-state index contributed by atoms with van der Waals surface area (Å²) in [4.78, 5) is 5.47. The Morgan fingerprint density at radius 2 is 1.68 bits per heavy atom. The molecule has 0 saturated heterocycles. The third-order valence-corrected chi connectivity index (χ3v) is 6.21. The van der Waals surface area contributed by atoms with Crippen LogP contribution in [0.3, 0.4) is 0 Å². The highest BCUT2D eigenvalue weighted by molar-refractivity contribution is 7.84. The molecule has 2 aromatic heterocycles. The van der Waals surface area contributed by atoms with Crippen LogP contribution in [0.1, 0.15) is 28.2 Å². The van der Waals surface area contributed by atoms with Crippen molar-refractivity contribution >= 4 is 38.9 Å². The molecule has 2 heterocycles. The monoisotopic (exact) mass is 477 g/mol. The smallest absolute Gasteiger partial charge is 0.212 e. The fourth-order valence-corrected chi connectivity index (χ4v) is 4.33. The van der Waals surface area contributed by atoms with Crippen molar-refractivity contribution in [3.63, 3.8) is 0 Å². The first-order valence-corrected chi connectivity index (χ1v) is 12.5. The lowest BCUT2D eigenvalue weighted by Crippen LogP contribution is -2.32. The first kappa shape index (κ1) is 25.2. The Kier molecular flexibility index (Phi) is 7.91. The number of benzene rings is 2. The second-order valence-electron chi connectivity index (χ2n) is 8.51. The van der Waals surface area contributed by atoms with Crippen LogP contribution < -0.4 is 9.47 Å². The number of hydrogen-bond acceptors (Lipinski definition) is 4. The predicted molar refractivity (Wildman–Crippen MR) is 138 cm³/mol. The van der Waals surface area contributed by atoms with E-state index >= 15 is 0 Å². The van der Waals surface area contributed by atoms with E-state index in [0.717, 1.165) is 0 Å². The van der Waals surface area contributed by atoms with Gasteiger partial charge in [0.25, 0.3) is 0 Å². The molecular formula is C27H31N3O3S. The van der Waals surface area contributed by atoms with Crippen LogP contribution in [0.5, 0.6) is 0 Å². The van der Waals surface area contributed by atoms with Crippen molar-refractivity contribution in [3.05, 3.63) is 94.9 Å². The van der Waals surface area contributed by atoms with Gasteiger partial charge in [-0.05, 0) is 55.3 Å². The van der Waals surface area contributed by atoms with Crippen molar-refractivity contribution in [2.45, 2.75) is 19.6 Å². The number of nitrogens with zero attached hydrogens (tertiary/aromatic N) is 2. The minimum absolute atomic E-state index is 0.423. The Bertz CT molecular complexity index is 1410. The summed E-state index contributed by atoms with van der Waals surface area (Å²) in [6.45, 7) is 4.19.